The summed E-state index contributed by atoms with van der Waals surface area (Å²) in [7, 11) is 0. The molecule has 0 saturated heterocycles. The first-order valence-corrected chi connectivity index (χ1v) is 18.9. The van der Waals surface area contributed by atoms with Gasteiger partial charge in [-0.1, -0.05) is 127 Å². The van der Waals surface area contributed by atoms with E-state index in [1.54, 1.807) is 0 Å². The predicted octanol–water partition coefficient (Wildman–Crippen LogP) is 14.6. The van der Waals surface area contributed by atoms with Crippen molar-refractivity contribution in [3.05, 3.63) is 194 Å². The van der Waals surface area contributed by atoms with Crippen molar-refractivity contribution in [3.8, 4) is 16.8 Å². The number of aromatic nitrogens is 1. The van der Waals surface area contributed by atoms with Crippen LogP contribution in [0.2, 0.25) is 0 Å². The van der Waals surface area contributed by atoms with Crippen molar-refractivity contribution >= 4 is 91.9 Å². The monoisotopic (exact) mass is 692 g/mol. The van der Waals surface area contributed by atoms with Crippen LogP contribution in [0.4, 0.5) is 17.1 Å². The topological polar surface area (TPSA) is 8.17 Å². The number of rotatable bonds is 5. The maximum absolute atomic E-state index is 2.47. The van der Waals surface area contributed by atoms with Gasteiger partial charge in [-0.05, 0) is 94.0 Å². The number of benzene rings is 9. The van der Waals surface area contributed by atoms with Gasteiger partial charge in [-0.15, -0.1) is 11.3 Å². The molecule has 248 valence electrons. The van der Waals surface area contributed by atoms with E-state index in [1.165, 1.54) is 74.6 Å². The fraction of sp³-hybridized carbons (Fsp3) is 0. The lowest BCUT2D eigenvalue weighted by Gasteiger charge is -2.27. The SMILES string of the molecule is c1ccc(N(c2ccc3c(c2)sc2ccccc23)c2cc3ccccc3c3c2c2cc(-c4ccc5ccccc5c4)ccc2n3-c2ccccc2)cc1. The normalized spacial score (nSPS) is 11.8. The van der Waals surface area contributed by atoms with Crippen molar-refractivity contribution in [2.24, 2.45) is 0 Å². The number of hydrogen-bond donors (Lipinski definition) is 0. The van der Waals surface area contributed by atoms with Crippen LogP contribution >= 0.6 is 11.3 Å². The van der Waals surface area contributed by atoms with Gasteiger partial charge in [-0.25, -0.2) is 0 Å². The quantitative estimate of drug-likeness (QED) is 0.174. The van der Waals surface area contributed by atoms with Crippen LogP contribution in [0.15, 0.2) is 194 Å². The second kappa shape index (κ2) is 11.9. The third-order valence-electron chi connectivity index (χ3n) is 10.7. The second-order valence-electron chi connectivity index (χ2n) is 13.8. The molecule has 0 N–H and O–H groups in total. The van der Waals surface area contributed by atoms with Crippen LogP contribution in [0.3, 0.4) is 0 Å². The molecule has 2 aromatic heterocycles. The van der Waals surface area contributed by atoms with Crippen LogP contribution < -0.4 is 4.90 Å². The molecule has 9 aromatic carbocycles. The smallest absolute Gasteiger partial charge is 0.0640 e. The summed E-state index contributed by atoms with van der Waals surface area (Å²) < 4.78 is 5.07. The lowest BCUT2D eigenvalue weighted by molar-refractivity contribution is 1.19. The first-order valence-electron chi connectivity index (χ1n) is 18.1. The zero-order valence-electron chi connectivity index (χ0n) is 28.8. The van der Waals surface area contributed by atoms with Gasteiger partial charge in [0, 0.05) is 53.4 Å². The highest BCUT2D eigenvalue weighted by molar-refractivity contribution is 7.25. The second-order valence-corrected chi connectivity index (χ2v) is 14.8. The Bertz CT molecular complexity index is 3170. The van der Waals surface area contributed by atoms with E-state index in [2.05, 4.69) is 204 Å². The highest BCUT2D eigenvalue weighted by Gasteiger charge is 2.24. The Hall–Kier alpha value is -6.68. The van der Waals surface area contributed by atoms with E-state index in [0.717, 1.165) is 22.7 Å². The van der Waals surface area contributed by atoms with E-state index in [-0.39, 0.29) is 0 Å². The van der Waals surface area contributed by atoms with Gasteiger partial charge in [0.15, 0.2) is 0 Å². The van der Waals surface area contributed by atoms with Crippen LogP contribution in [0.5, 0.6) is 0 Å². The molecule has 11 aromatic rings. The van der Waals surface area contributed by atoms with Gasteiger partial charge >= 0.3 is 0 Å². The maximum atomic E-state index is 2.47. The molecule has 0 aliphatic rings. The molecule has 11 rings (SSSR count). The summed E-state index contributed by atoms with van der Waals surface area (Å²) in [6.45, 7) is 0. The molecule has 0 fully saturated rings. The average Bonchev–Trinajstić information content (AvgIpc) is 3.77. The molecule has 0 spiro atoms. The standard InChI is InChI=1S/C50H32N2S/c1-3-16-38(17-4-1)51(40-26-27-43-42-21-11-12-22-47(42)53-48(43)32-40)46-31-37-15-9-10-20-41(37)50-49(46)44-30-36(35-24-23-33-13-7-8-14-34(33)29-35)25-28-45(44)52(50)39-18-5-2-6-19-39/h1-32H. The minimum Gasteiger partial charge on any atom is -0.310 e. The van der Waals surface area contributed by atoms with E-state index in [4.69, 9.17) is 0 Å². The van der Waals surface area contributed by atoms with Crippen LogP contribution in [0, 0.1) is 0 Å². The number of anilines is 3. The van der Waals surface area contributed by atoms with Crippen molar-refractivity contribution in [2.75, 3.05) is 4.90 Å². The number of thiophene rings is 1. The molecule has 0 atom stereocenters. The van der Waals surface area contributed by atoms with E-state index in [1.807, 2.05) is 11.3 Å². The van der Waals surface area contributed by atoms with Crippen LogP contribution in [-0.4, -0.2) is 4.57 Å². The van der Waals surface area contributed by atoms with Gasteiger partial charge < -0.3 is 9.47 Å². The average molecular weight is 693 g/mol. The maximum Gasteiger partial charge on any atom is 0.0640 e. The van der Waals surface area contributed by atoms with Crippen LogP contribution in [-0.2, 0) is 0 Å². The fourth-order valence-electron chi connectivity index (χ4n) is 8.29. The van der Waals surface area contributed by atoms with Gasteiger partial charge in [0.1, 0.15) is 0 Å². The molecule has 0 bridgehead atoms. The Morgan fingerprint density at radius 1 is 0.396 bits per heavy atom. The molecule has 0 amide bonds. The van der Waals surface area contributed by atoms with Crippen LogP contribution in [0.1, 0.15) is 0 Å². The minimum absolute atomic E-state index is 1.12. The molecular weight excluding hydrogens is 661 g/mol. The van der Waals surface area contributed by atoms with E-state index in [0.29, 0.717) is 0 Å². The predicted molar refractivity (Wildman–Crippen MR) is 229 cm³/mol. The zero-order valence-corrected chi connectivity index (χ0v) is 29.6. The van der Waals surface area contributed by atoms with Crippen LogP contribution in [0.25, 0.3) is 80.3 Å². The number of nitrogens with zero attached hydrogens (tertiary/aromatic N) is 2. The first-order chi connectivity index (χ1) is 26.3. The van der Waals surface area contributed by atoms with Crippen molar-refractivity contribution in [3.63, 3.8) is 0 Å². The lowest BCUT2D eigenvalue weighted by Crippen LogP contribution is -2.10. The third-order valence-corrected chi connectivity index (χ3v) is 11.8. The lowest BCUT2D eigenvalue weighted by atomic mass is 9.98. The van der Waals surface area contributed by atoms with Crippen molar-refractivity contribution in [2.45, 2.75) is 0 Å². The minimum atomic E-state index is 1.12. The van der Waals surface area contributed by atoms with Crippen molar-refractivity contribution < 1.29 is 0 Å². The summed E-state index contributed by atoms with van der Waals surface area (Å²) in [4.78, 5) is 2.47. The number of para-hydroxylation sites is 2. The molecular formula is C50H32N2S. The molecule has 0 aliphatic carbocycles. The Kier molecular flexibility index (Phi) is 6.76. The summed E-state index contributed by atoms with van der Waals surface area (Å²) in [5, 5.41) is 9.98. The molecule has 0 unspecified atom stereocenters. The highest BCUT2D eigenvalue weighted by Crippen LogP contribution is 2.48. The first kappa shape index (κ1) is 30.0. The molecule has 2 nitrogen and oxygen atoms in total. The van der Waals surface area contributed by atoms with Crippen molar-refractivity contribution in [1.82, 2.24) is 4.57 Å². The van der Waals surface area contributed by atoms with Crippen molar-refractivity contribution in [1.29, 1.82) is 0 Å². The Morgan fingerprint density at radius 3 is 1.91 bits per heavy atom. The Morgan fingerprint density at radius 2 is 1.06 bits per heavy atom. The van der Waals surface area contributed by atoms with Gasteiger partial charge in [0.2, 0.25) is 0 Å². The fourth-order valence-corrected chi connectivity index (χ4v) is 9.43. The Labute approximate surface area is 311 Å². The molecule has 0 aliphatic heterocycles. The van der Waals surface area contributed by atoms with Gasteiger partial charge in [-0.3, -0.25) is 0 Å². The molecule has 3 heteroatoms. The summed E-state index contributed by atoms with van der Waals surface area (Å²) >= 11 is 1.86. The Balaban J connectivity index is 1.27. The molecule has 0 saturated carbocycles. The van der Waals surface area contributed by atoms with E-state index >= 15 is 0 Å². The van der Waals surface area contributed by atoms with E-state index in [9.17, 15) is 0 Å². The number of fused-ring (bicyclic) bond motifs is 9. The van der Waals surface area contributed by atoms with Gasteiger partial charge in [0.25, 0.3) is 0 Å². The van der Waals surface area contributed by atoms with Gasteiger partial charge in [0.05, 0.1) is 16.7 Å². The largest absolute Gasteiger partial charge is 0.310 e. The summed E-state index contributed by atoms with van der Waals surface area (Å²) in [5.41, 5.74) is 9.36. The molecule has 53 heavy (non-hydrogen) atoms. The van der Waals surface area contributed by atoms with E-state index < -0.39 is 0 Å². The highest BCUT2D eigenvalue weighted by atomic mass is 32.1. The molecule has 0 radical (unpaired) electrons. The third kappa shape index (κ3) is 4.78. The summed E-state index contributed by atoms with van der Waals surface area (Å²) in [6, 6.07) is 71.1. The zero-order chi connectivity index (χ0) is 34.9. The number of hydrogen-bond acceptors (Lipinski definition) is 2. The summed E-state index contributed by atoms with van der Waals surface area (Å²) in [5.74, 6) is 0. The van der Waals surface area contributed by atoms with Gasteiger partial charge in [-0.2, -0.15) is 0 Å². The summed E-state index contributed by atoms with van der Waals surface area (Å²) in [6.07, 6.45) is 0. The molecule has 2 heterocycles.